The Kier molecular flexibility index (Phi) is 5.86. The number of carbonyl (C=O) groups is 1. The molecule has 1 amide bonds. The number of rotatable bonds is 7. The number of benzene rings is 1. The van der Waals surface area contributed by atoms with Gasteiger partial charge in [-0.25, -0.2) is 0 Å². The molecular formula is C16H15F3N2O5. The van der Waals surface area contributed by atoms with Gasteiger partial charge in [0.2, 0.25) is 0 Å². The molecule has 0 aliphatic rings. The van der Waals surface area contributed by atoms with Crippen LogP contribution in [0.1, 0.15) is 11.3 Å². The van der Waals surface area contributed by atoms with Gasteiger partial charge in [0.1, 0.15) is 12.3 Å². The van der Waals surface area contributed by atoms with Gasteiger partial charge in [-0.05, 0) is 30.7 Å². The Bertz CT molecular complexity index is 775. The number of hydrogen-bond donors (Lipinski definition) is 0. The third-order valence-electron chi connectivity index (χ3n) is 3.31. The van der Waals surface area contributed by atoms with Crippen molar-refractivity contribution < 1.29 is 32.0 Å². The van der Waals surface area contributed by atoms with Gasteiger partial charge in [-0.1, -0.05) is 6.07 Å². The van der Waals surface area contributed by atoms with Crippen LogP contribution in [-0.4, -0.2) is 35.1 Å². The van der Waals surface area contributed by atoms with E-state index < -0.39 is 36.7 Å². The molecule has 10 heteroatoms. The molecule has 0 saturated carbocycles. The van der Waals surface area contributed by atoms with Crippen molar-refractivity contribution in [1.82, 2.24) is 4.90 Å². The summed E-state index contributed by atoms with van der Waals surface area (Å²) in [6, 6.07) is 6.99. The summed E-state index contributed by atoms with van der Waals surface area (Å²) in [4.78, 5) is 23.0. The van der Waals surface area contributed by atoms with Crippen LogP contribution in [0.3, 0.4) is 0 Å². The zero-order valence-corrected chi connectivity index (χ0v) is 13.7. The molecule has 0 radical (unpaired) electrons. The first-order valence-corrected chi connectivity index (χ1v) is 7.40. The number of nitrogens with zero attached hydrogens (tertiary/aromatic N) is 2. The molecule has 0 aliphatic heterocycles. The summed E-state index contributed by atoms with van der Waals surface area (Å²) in [5.74, 6) is -1.00. The molecule has 2 aromatic rings. The fourth-order valence-corrected chi connectivity index (χ4v) is 2.16. The van der Waals surface area contributed by atoms with E-state index >= 15 is 0 Å². The molecule has 1 aromatic heterocycles. The fraction of sp³-hybridized carbons (Fsp3) is 0.312. The van der Waals surface area contributed by atoms with Gasteiger partial charge in [-0.3, -0.25) is 14.9 Å². The van der Waals surface area contributed by atoms with E-state index in [0.717, 1.165) is 0 Å². The number of aryl methyl sites for hydroxylation is 1. The highest BCUT2D eigenvalue weighted by Crippen LogP contribution is 2.28. The van der Waals surface area contributed by atoms with E-state index in [1.54, 1.807) is 6.92 Å². The second-order valence-corrected chi connectivity index (χ2v) is 5.46. The van der Waals surface area contributed by atoms with Crippen LogP contribution in [0.25, 0.3) is 0 Å². The zero-order chi connectivity index (χ0) is 19.3. The van der Waals surface area contributed by atoms with Crippen molar-refractivity contribution in [2.75, 3.05) is 13.2 Å². The summed E-state index contributed by atoms with van der Waals surface area (Å²) in [6.45, 7) is -1.03. The molecule has 1 heterocycles. The number of hydrogen-bond acceptors (Lipinski definition) is 5. The Morgan fingerprint density at radius 1 is 1.35 bits per heavy atom. The summed E-state index contributed by atoms with van der Waals surface area (Å²) in [7, 11) is 0. The van der Waals surface area contributed by atoms with Crippen molar-refractivity contribution in [2.24, 2.45) is 0 Å². The van der Waals surface area contributed by atoms with E-state index in [4.69, 9.17) is 9.15 Å². The van der Waals surface area contributed by atoms with Gasteiger partial charge in [0.05, 0.1) is 17.7 Å². The summed E-state index contributed by atoms with van der Waals surface area (Å²) in [5, 5.41) is 11.0. The molecule has 0 atom stereocenters. The number of halogens is 3. The SMILES string of the molecule is Cc1ccc(OCC(=O)N(Cc2ccco2)CC(F)(F)F)c([N+](=O)[O-])c1. The van der Waals surface area contributed by atoms with E-state index in [2.05, 4.69) is 0 Å². The largest absolute Gasteiger partial charge is 0.477 e. The number of carbonyl (C=O) groups excluding carboxylic acids is 1. The Labute approximate surface area is 146 Å². The minimum Gasteiger partial charge on any atom is -0.477 e. The number of alkyl halides is 3. The number of nitro benzene ring substituents is 1. The van der Waals surface area contributed by atoms with Crippen LogP contribution in [0.2, 0.25) is 0 Å². The molecule has 0 N–H and O–H groups in total. The molecule has 0 bridgehead atoms. The van der Waals surface area contributed by atoms with Crippen molar-refractivity contribution in [3.05, 3.63) is 58.0 Å². The Morgan fingerprint density at radius 3 is 2.65 bits per heavy atom. The molecule has 0 fully saturated rings. The summed E-state index contributed by atoms with van der Waals surface area (Å²) < 4.78 is 48.2. The van der Waals surface area contributed by atoms with E-state index in [-0.39, 0.29) is 17.2 Å². The van der Waals surface area contributed by atoms with Crippen LogP contribution in [-0.2, 0) is 11.3 Å². The minimum atomic E-state index is -4.61. The lowest BCUT2D eigenvalue weighted by atomic mass is 10.2. The third kappa shape index (κ3) is 5.50. The molecule has 1 aromatic carbocycles. The minimum absolute atomic E-state index is 0.170. The normalized spacial score (nSPS) is 11.2. The highest BCUT2D eigenvalue weighted by atomic mass is 19.4. The second kappa shape index (κ2) is 7.89. The molecule has 7 nitrogen and oxygen atoms in total. The highest BCUT2D eigenvalue weighted by Gasteiger charge is 2.33. The van der Waals surface area contributed by atoms with Crippen LogP contribution in [0.4, 0.5) is 18.9 Å². The Balaban J connectivity index is 2.10. The maximum atomic E-state index is 12.7. The molecule has 140 valence electrons. The van der Waals surface area contributed by atoms with Gasteiger partial charge >= 0.3 is 11.9 Å². The Morgan fingerprint density at radius 2 is 2.08 bits per heavy atom. The van der Waals surface area contributed by atoms with Gasteiger partial charge < -0.3 is 14.1 Å². The highest BCUT2D eigenvalue weighted by molar-refractivity contribution is 5.78. The van der Waals surface area contributed by atoms with Crippen molar-refractivity contribution in [1.29, 1.82) is 0 Å². The fourth-order valence-electron chi connectivity index (χ4n) is 2.16. The van der Waals surface area contributed by atoms with Gasteiger partial charge in [0.15, 0.2) is 12.4 Å². The number of nitro groups is 1. The molecule has 0 unspecified atom stereocenters. The lowest BCUT2D eigenvalue weighted by Crippen LogP contribution is -2.40. The molecule has 26 heavy (non-hydrogen) atoms. The monoisotopic (exact) mass is 372 g/mol. The lowest BCUT2D eigenvalue weighted by Gasteiger charge is -2.23. The van der Waals surface area contributed by atoms with Crippen molar-refractivity contribution in [2.45, 2.75) is 19.6 Å². The smallest absolute Gasteiger partial charge is 0.406 e. The van der Waals surface area contributed by atoms with Crippen molar-refractivity contribution >= 4 is 11.6 Å². The second-order valence-electron chi connectivity index (χ2n) is 5.46. The predicted octanol–water partition coefficient (Wildman–Crippen LogP) is 3.47. The van der Waals surface area contributed by atoms with Crippen LogP contribution in [0.15, 0.2) is 41.0 Å². The molecule has 0 aliphatic carbocycles. The third-order valence-corrected chi connectivity index (χ3v) is 3.31. The van der Waals surface area contributed by atoms with Crippen molar-refractivity contribution in [3.63, 3.8) is 0 Å². The predicted molar refractivity (Wildman–Crippen MR) is 83.5 cm³/mol. The van der Waals surface area contributed by atoms with E-state index in [1.807, 2.05) is 0 Å². The first-order chi connectivity index (χ1) is 12.2. The maximum absolute atomic E-state index is 12.7. The number of amides is 1. The average molecular weight is 372 g/mol. The van der Waals surface area contributed by atoms with Crippen LogP contribution in [0.5, 0.6) is 5.75 Å². The molecule has 0 saturated heterocycles. The Hall–Kier alpha value is -3.04. The number of ether oxygens (including phenoxy) is 1. The van der Waals surface area contributed by atoms with Gasteiger partial charge in [0.25, 0.3) is 5.91 Å². The van der Waals surface area contributed by atoms with Crippen LogP contribution in [0, 0.1) is 17.0 Å². The summed E-state index contributed by atoms with van der Waals surface area (Å²) in [6.07, 6.45) is -3.34. The van der Waals surface area contributed by atoms with Crippen LogP contribution >= 0.6 is 0 Å². The molecule has 0 spiro atoms. The molecular weight excluding hydrogens is 357 g/mol. The first-order valence-electron chi connectivity index (χ1n) is 7.40. The summed E-state index contributed by atoms with van der Waals surface area (Å²) >= 11 is 0. The standard InChI is InChI=1S/C16H15F3N2O5/c1-11-4-5-14(13(7-11)21(23)24)26-9-15(22)20(10-16(17,18)19)8-12-3-2-6-25-12/h2-7H,8-10H2,1H3. The lowest BCUT2D eigenvalue weighted by molar-refractivity contribution is -0.385. The molecule has 2 rings (SSSR count). The van der Waals surface area contributed by atoms with Crippen LogP contribution < -0.4 is 4.74 Å². The number of furan rings is 1. The summed E-state index contributed by atoms with van der Waals surface area (Å²) in [5.41, 5.74) is 0.234. The van der Waals surface area contributed by atoms with Crippen molar-refractivity contribution in [3.8, 4) is 5.75 Å². The quantitative estimate of drug-likeness (QED) is 0.549. The zero-order valence-electron chi connectivity index (χ0n) is 13.7. The topological polar surface area (TPSA) is 85.8 Å². The van der Waals surface area contributed by atoms with Gasteiger partial charge in [-0.2, -0.15) is 13.2 Å². The van der Waals surface area contributed by atoms with E-state index in [1.165, 1.54) is 36.6 Å². The van der Waals surface area contributed by atoms with Gasteiger partial charge in [0, 0.05) is 6.07 Å². The van der Waals surface area contributed by atoms with Gasteiger partial charge in [-0.15, -0.1) is 0 Å². The maximum Gasteiger partial charge on any atom is 0.406 e. The van der Waals surface area contributed by atoms with E-state index in [9.17, 15) is 28.1 Å². The van der Waals surface area contributed by atoms with E-state index in [0.29, 0.717) is 10.5 Å². The first kappa shape index (κ1) is 19.3. The average Bonchev–Trinajstić information content (AvgIpc) is 3.04.